The molecule has 80 valence electrons. The van der Waals surface area contributed by atoms with Gasteiger partial charge < -0.3 is 10.6 Å². The smallest absolute Gasteiger partial charge is 0.319 e. The van der Waals surface area contributed by atoms with Crippen molar-refractivity contribution in [2.45, 2.75) is 6.42 Å². The summed E-state index contributed by atoms with van der Waals surface area (Å²) in [4.78, 5) is 11.2. The topological polar surface area (TPSA) is 41.1 Å². The number of carbonyl (C=O) groups excluding carboxylic acids is 1. The molecule has 4 heteroatoms. The minimum Gasteiger partial charge on any atom is -0.338 e. The monoisotopic (exact) mass is 208 g/mol. The first kappa shape index (κ1) is 11.2. The van der Waals surface area contributed by atoms with Gasteiger partial charge in [0.25, 0.3) is 0 Å². The van der Waals surface area contributed by atoms with Gasteiger partial charge in [0.2, 0.25) is 0 Å². The molecule has 0 radical (unpaired) electrons. The molecule has 0 atom stereocenters. The van der Waals surface area contributed by atoms with Crippen LogP contribution in [-0.4, -0.2) is 12.6 Å². The summed E-state index contributed by atoms with van der Waals surface area (Å²) in [5.74, 6) is -0.448. The van der Waals surface area contributed by atoms with E-state index in [1.165, 1.54) is 12.1 Å². The highest BCUT2D eigenvalue weighted by Crippen LogP contribution is 2.11. The second-order valence-electron chi connectivity index (χ2n) is 2.94. The average molecular weight is 208 g/mol. The molecule has 0 aliphatic rings. The van der Waals surface area contributed by atoms with Crippen LogP contribution in [0.4, 0.5) is 14.9 Å². The van der Waals surface area contributed by atoms with Gasteiger partial charge in [0, 0.05) is 6.54 Å². The van der Waals surface area contributed by atoms with Crippen LogP contribution < -0.4 is 10.6 Å². The molecule has 1 aromatic carbocycles. The Kier molecular flexibility index (Phi) is 4.34. The fourth-order valence-electron chi connectivity index (χ4n) is 1.02. The first-order valence-electron chi connectivity index (χ1n) is 4.64. The van der Waals surface area contributed by atoms with E-state index in [2.05, 4.69) is 17.2 Å². The number of anilines is 1. The summed E-state index contributed by atoms with van der Waals surface area (Å²) >= 11 is 0. The molecule has 0 saturated carbocycles. The van der Waals surface area contributed by atoms with E-state index in [4.69, 9.17) is 0 Å². The molecule has 0 aliphatic heterocycles. The molecular formula is C11H13FN2O. The largest absolute Gasteiger partial charge is 0.338 e. The molecule has 0 heterocycles. The molecule has 0 spiro atoms. The Morgan fingerprint density at radius 3 is 2.87 bits per heavy atom. The van der Waals surface area contributed by atoms with Crippen molar-refractivity contribution >= 4 is 11.7 Å². The summed E-state index contributed by atoms with van der Waals surface area (Å²) in [6.07, 6.45) is 2.38. The second kappa shape index (κ2) is 5.80. The third-order valence-corrected chi connectivity index (χ3v) is 1.76. The Morgan fingerprint density at radius 2 is 2.20 bits per heavy atom. The summed E-state index contributed by atoms with van der Waals surface area (Å²) < 4.78 is 13.1. The van der Waals surface area contributed by atoms with Gasteiger partial charge in [0.1, 0.15) is 5.82 Å². The summed E-state index contributed by atoms with van der Waals surface area (Å²) in [5, 5.41) is 4.98. The van der Waals surface area contributed by atoms with Gasteiger partial charge in [0.05, 0.1) is 5.69 Å². The molecule has 1 rings (SSSR count). The number of benzene rings is 1. The Bertz CT molecular complexity index is 352. The van der Waals surface area contributed by atoms with Crippen LogP contribution in [0, 0.1) is 5.82 Å². The number of hydrogen-bond acceptors (Lipinski definition) is 1. The highest BCUT2D eigenvalue weighted by atomic mass is 19.1. The molecule has 0 aromatic heterocycles. The van der Waals surface area contributed by atoms with Gasteiger partial charge in [-0.3, -0.25) is 0 Å². The maximum absolute atomic E-state index is 13.1. The lowest BCUT2D eigenvalue weighted by Crippen LogP contribution is -2.29. The van der Waals surface area contributed by atoms with E-state index in [0.29, 0.717) is 13.0 Å². The van der Waals surface area contributed by atoms with Crippen molar-refractivity contribution in [3.05, 3.63) is 42.7 Å². The SMILES string of the molecule is C=CCCNC(=O)Nc1ccccc1F. The first-order chi connectivity index (χ1) is 7.24. The first-order valence-corrected chi connectivity index (χ1v) is 4.64. The summed E-state index contributed by atoms with van der Waals surface area (Å²) in [7, 11) is 0. The highest BCUT2D eigenvalue weighted by Gasteiger charge is 2.03. The maximum atomic E-state index is 13.1. The van der Waals surface area contributed by atoms with Crippen molar-refractivity contribution in [1.29, 1.82) is 0 Å². The molecule has 3 nitrogen and oxygen atoms in total. The molecule has 0 saturated heterocycles. The minimum atomic E-state index is -0.448. The van der Waals surface area contributed by atoms with E-state index in [1.54, 1.807) is 18.2 Å². The van der Waals surface area contributed by atoms with E-state index in [1.807, 2.05) is 0 Å². The molecule has 0 aliphatic carbocycles. The van der Waals surface area contributed by atoms with Crippen molar-refractivity contribution < 1.29 is 9.18 Å². The van der Waals surface area contributed by atoms with Crippen molar-refractivity contribution in [1.82, 2.24) is 5.32 Å². The van der Waals surface area contributed by atoms with Crippen LogP contribution >= 0.6 is 0 Å². The number of nitrogens with one attached hydrogen (secondary N) is 2. The van der Waals surface area contributed by atoms with Gasteiger partial charge in [-0.05, 0) is 18.6 Å². The predicted molar refractivity (Wildman–Crippen MR) is 58.2 cm³/mol. The number of amides is 2. The molecule has 0 fully saturated rings. The van der Waals surface area contributed by atoms with Crippen molar-refractivity contribution in [2.24, 2.45) is 0 Å². The van der Waals surface area contributed by atoms with E-state index < -0.39 is 11.8 Å². The van der Waals surface area contributed by atoms with Gasteiger partial charge in [-0.2, -0.15) is 0 Å². The standard InChI is InChI=1S/C11H13FN2O/c1-2-3-8-13-11(15)14-10-7-5-4-6-9(10)12/h2,4-7H,1,3,8H2,(H2,13,14,15). The lowest BCUT2D eigenvalue weighted by molar-refractivity contribution is 0.252. The Morgan fingerprint density at radius 1 is 1.47 bits per heavy atom. The van der Waals surface area contributed by atoms with Crippen molar-refractivity contribution in [3.8, 4) is 0 Å². The summed E-state index contributed by atoms with van der Waals surface area (Å²) in [6.45, 7) is 4.01. The highest BCUT2D eigenvalue weighted by molar-refractivity contribution is 5.89. The maximum Gasteiger partial charge on any atom is 0.319 e. The number of urea groups is 1. The lowest BCUT2D eigenvalue weighted by atomic mass is 10.3. The Hall–Kier alpha value is -1.84. The van der Waals surface area contributed by atoms with Crippen LogP contribution in [0.3, 0.4) is 0 Å². The second-order valence-corrected chi connectivity index (χ2v) is 2.94. The fourth-order valence-corrected chi connectivity index (χ4v) is 1.02. The van der Waals surface area contributed by atoms with Crippen LogP contribution in [0.5, 0.6) is 0 Å². The number of halogens is 1. The van der Waals surface area contributed by atoms with Crippen LogP contribution in [0.15, 0.2) is 36.9 Å². The number of carbonyl (C=O) groups is 1. The normalized spacial score (nSPS) is 9.40. The van der Waals surface area contributed by atoms with Gasteiger partial charge in [-0.25, -0.2) is 9.18 Å². The zero-order valence-corrected chi connectivity index (χ0v) is 8.29. The minimum absolute atomic E-state index is 0.175. The lowest BCUT2D eigenvalue weighted by Gasteiger charge is -2.06. The molecule has 0 bridgehead atoms. The van der Waals surface area contributed by atoms with Gasteiger partial charge >= 0.3 is 6.03 Å². The third-order valence-electron chi connectivity index (χ3n) is 1.76. The molecule has 0 unspecified atom stereocenters. The molecule has 2 N–H and O–H groups in total. The third kappa shape index (κ3) is 3.81. The van der Waals surface area contributed by atoms with Crippen molar-refractivity contribution in [2.75, 3.05) is 11.9 Å². The van der Waals surface area contributed by atoms with Crippen molar-refractivity contribution in [3.63, 3.8) is 0 Å². The molecule has 2 amide bonds. The zero-order chi connectivity index (χ0) is 11.1. The number of hydrogen-bond donors (Lipinski definition) is 2. The Labute approximate surface area is 88.0 Å². The van der Waals surface area contributed by atoms with Gasteiger partial charge in [0.15, 0.2) is 0 Å². The number of para-hydroxylation sites is 1. The number of rotatable bonds is 4. The van der Waals surface area contributed by atoms with Crippen LogP contribution in [0.25, 0.3) is 0 Å². The summed E-state index contributed by atoms with van der Waals surface area (Å²) in [6, 6.07) is 5.60. The molecular weight excluding hydrogens is 195 g/mol. The fraction of sp³-hybridized carbons (Fsp3) is 0.182. The molecule has 15 heavy (non-hydrogen) atoms. The van der Waals surface area contributed by atoms with Crippen LogP contribution in [-0.2, 0) is 0 Å². The van der Waals surface area contributed by atoms with Gasteiger partial charge in [-0.1, -0.05) is 18.2 Å². The van der Waals surface area contributed by atoms with E-state index in [-0.39, 0.29) is 5.69 Å². The van der Waals surface area contributed by atoms with Crippen LogP contribution in [0.2, 0.25) is 0 Å². The quantitative estimate of drug-likeness (QED) is 0.579. The Balaban J connectivity index is 2.44. The van der Waals surface area contributed by atoms with E-state index in [9.17, 15) is 9.18 Å². The predicted octanol–water partition coefficient (Wildman–Crippen LogP) is 2.52. The van der Waals surface area contributed by atoms with Crippen LogP contribution in [0.1, 0.15) is 6.42 Å². The zero-order valence-electron chi connectivity index (χ0n) is 8.29. The van der Waals surface area contributed by atoms with E-state index in [0.717, 1.165) is 0 Å². The summed E-state index contributed by atoms with van der Waals surface area (Å²) in [5.41, 5.74) is 0.175. The van der Waals surface area contributed by atoms with Gasteiger partial charge in [-0.15, -0.1) is 6.58 Å². The average Bonchev–Trinajstić information content (AvgIpc) is 2.22. The van der Waals surface area contributed by atoms with E-state index >= 15 is 0 Å². The molecule has 1 aromatic rings.